The monoisotopic (exact) mass is 497 g/mol. The topological polar surface area (TPSA) is 55.3 Å². The lowest BCUT2D eigenvalue weighted by atomic mass is 9.51. The molecule has 2 aromatic rings. The highest BCUT2D eigenvalue weighted by Gasteiger charge is 2.49. The molecule has 0 saturated heterocycles. The Balaban J connectivity index is 1.12. The van der Waals surface area contributed by atoms with Crippen LogP contribution in [0.15, 0.2) is 30.5 Å². The third-order valence-corrected chi connectivity index (χ3v) is 9.12. The van der Waals surface area contributed by atoms with Crippen molar-refractivity contribution < 1.29 is 18.3 Å². The second kappa shape index (κ2) is 10.5. The van der Waals surface area contributed by atoms with Crippen LogP contribution in [-0.2, 0) is 12.8 Å². The van der Waals surface area contributed by atoms with Crippen LogP contribution in [0, 0.1) is 17.8 Å². The number of ether oxygens (including phenoxy) is 1. The molecule has 0 unspecified atom stereocenters. The minimum Gasteiger partial charge on any atom is -0.472 e. The average molecular weight is 498 g/mol. The van der Waals surface area contributed by atoms with Gasteiger partial charge in [0.2, 0.25) is 5.88 Å². The van der Waals surface area contributed by atoms with Gasteiger partial charge >= 0.3 is 0 Å². The molecule has 2 aromatic heterocycles. The van der Waals surface area contributed by atoms with Gasteiger partial charge in [0.25, 0.3) is 6.43 Å². The molecule has 0 N–H and O–H groups in total. The molecule has 2 bridgehead atoms. The van der Waals surface area contributed by atoms with E-state index in [1.807, 2.05) is 25.1 Å². The first-order chi connectivity index (χ1) is 17.4. The number of ketones is 1. The van der Waals surface area contributed by atoms with E-state index in [0.29, 0.717) is 17.7 Å². The van der Waals surface area contributed by atoms with Gasteiger partial charge in [0.05, 0.1) is 0 Å². The van der Waals surface area contributed by atoms with Crippen LogP contribution < -0.4 is 4.74 Å². The van der Waals surface area contributed by atoms with E-state index in [0.717, 1.165) is 68.7 Å². The van der Waals surface area contributed by atoms with Crippen molar-refractivity contribution in [1.82, 2.24) is 14.9 Å². The van der Waals surface area contributed by atoms with E-state index >= 15 is 0 Å². The van der Waals surface area contributed by atoms with Gasteiger partial charge in [0.15, 0.2) is 12.4 Å². The molecule has 194 valence electrons. The van der Waals surface area contributed by atoms with Crippen LogP contribution in [0.25, 0.3) is 0 Å². The van der Waals surface area contributed by atoms with Crippen LogP contribution in [0.1, 0.15) is 78.7 Å². The molecule has 0 spiro atoms. The molecular formula is C29H37F2N3O2. The zero-order valence-corrected chi connectivity index (χ0v) is 21.3. The van der Waals surface area contributed by atoms with Gasteiger partial charge in [-0.15, -0.1) is 0 Å². The van der Waals surface area contributed by atoms with Gasteiger partial charge in [0, 0.05) is 55.1 Å². The van der Waals surface area contributed by atoms with Crippen LogP contribution in [0.2, 0.25) is 0 Å². The van der Waals surface area contributed by atoms with E-state index in [-0.39, 0.29) is 11.2 Å². The highest BCUT2D eigenvalue weighted by Crippen LogP contribution is 2.60. The second-order valence-corrected chi connectivity index (χ2v) is 11.3. The summed E-state index contributed by atoms with van der Waals surface area (Å²) < 4.78 is 30.0. The van der Waals surface area contributed by atoms with Crippen LogP contribution in [0.4, 0.5) is 8.78 Å². The first kappa shape index (κ1) is 25.2. The smallest absolute Gasteiger partial charge is 0.272 e. The van der Waals surface area contributed by atoms with Gasteiger partial charge in [-0.25, -0.2) is 13.8 Å². The summed E-state index contributed by atoms with van der Waals surface area (Å²) >= 11 is 0. The Hall–Kier alpha value is -2.41. The molecular weight excluding hydrogens is 460 g/mol. The van der Waals surface area contributed by atoms with E-state index < -0.39 is 13.0 Å². The molecule has 6 rings (SSSR count). The molecule has 0 aromatic carbocycles. The number of carbonyl (C=O) groups is 1. The summed E-state index contributed by atoms with van der Waals surface area (Å²) in [6, 6.07) is 7.49. The fourth-order valence-electron chi connectivity index (χ4n) is 6.65. The summed E-state index contributed by atoms with van der Waals surface area (Å²) in [5, 5.41) is 0. The fraction of sp³-hybridized carbons (Fsp3) is 0.621. The largest absolute Gasteiger partial charge is 0.472 e. The third-order valence-electron chi connectivity index (χ3n) is 9.12. The van der Waals surface area contributed by atoms with E-state index in [2.05, 4.69) is 14.9 Å². The molecule has 7 heteroatoms. The molecule has 3 saturated carbocycles. The predicted molar refractivity (Wildman–Crippen MR) is 135 cm³/mol. The Morgan fingerprint density at radius 1 is 1.06 bits per heavy atom. The summed E-state index contributed by atoms with van der Waals surface area (Å²) in [7, 11) is 0. The number of halogens is 2. The number of hydrogen-bond donors (Lipinski definition) is 0. The lowest BCUT2D eigenvalue weighted by Gasteiger charge is -2.54. The number of alkyl halides is 2. The van der Waals surface area contributed by atoms with Crippen molar-refractivity contribution in [2.75, 3.05) is 26.2 Å². The first-order valence-corrected chi connectivity index (χ1v) is 13.4. The zero-order chi connectivity index (χ0) is 25.2. The quantitative estimate of drug-likeness (QED) is 0.408. The maximum absolute atomic E-state index is 13.0. The molecule has 0 radical (unpaired) electrons. The van der Waals surface area contributed by atoms with Gasteiger partial charge in [0.1, 0.15) is 0 Å². The minimum absolute atomic E-state index is 0.182. The highest BCUT2D eigenvalue weighted by atomic mass is 19.3. The Labute approximate surface area is 212 Å². The summed E-state index contributed by atoms with van der Waals surface area (Å²) in [4.78, 5) is 24.4. The maximum atomic E-state index is 13.0. The number of aromatic nitrogens is 2. The molecule has 0 atom stereocenters. The van der Waals surface area contributed by atoms with E-state index in [4.69, 9.17) is 4.74 Å². The predicted octanol–water partition coefficient (Wildman–Crippen LogP) is 5.83. The zero-order valence-electron chi connectivity index (χ0n) is 21.3. The van der Waals surface area contributed by atoms with Crippen LogP contribution in [0.5, 0.6) is 5.88 Å². The Morgan fingerprint density at radius 3 is 2.50 bits per heavy atom. The molecule has 36 heavy (non-hydrogen) atoms. The van der Waals surface area contributed by atoms with E-state index in [9.17, 15) is 13.6 Å². The third kappa shape index (κ3) is 5.61. The number of rotatable bonds is 9. The molecule has 3 heterocycles. The lowest BCUT2D eigenvalue weighted by molar-refractivity contribution is -0.0206. The van der Waals surface area contributed by atoms with Crippen molar-refractivity contribution in [3.8, 4) is 5.88 Å². The average Bonchev–Trinajstić information content (AvgIpc) is 3.09. The lowest BCUT2D eigenvalue weighted by Crippen LogP contribution is -2.44. The SMILES string of the molecule is Cc1ncccc1C(=O)CC12CCC(CCN3CCc4ccc(OCC(F)F)nc4CC3)(CC1)CC2. The Morgan fingerprint density at radius 2 is 1.78 bits per heavy atom. The number of nitrogens with zero attached hydrogens (tertiary/aromatic N) is 3. The number of pyridine rings is 2. The van der Waals surface area contributed by atoms with Crippen molar-refractivity contribution >= 4 is 5.78 Å². The summed E-state index contributed by atoms with van der Waals surface area (Å²) in [5.41, 5.74) is 4.42. The van der Waals surface area contributed by atoms with Crippen LogP contribution in [-0.4, -0.2) is 53.3 Å². The van der Waals surface area contributed by atoms with Gasteiger partial charge in [-0.2, -0.15) is 0 Å². The van der Waals surface area contributed by atoms with Crippen molar-refractivity contribution in [2.24, 2.45) is 10.8 Å². The second-order valence-electron chi connectivity index (χ2n) is 11.3. The molecule has 4 aliphatic rings. The number of Topliss-reactive ketones (excluding diaryl/α,β-unsaturated/α-hetero) is 1. The molecule has 1 aliphatic heterocycles. The standard InChI is InChI=1S/C29H37F2N3O2/c1-21-23(3-2-15-32-21)25(35)19-29-11-8-28(9-12-29,10-13-29)14-18-34-16-6-22-4-5-27(36-20-26(30)31)33-24(22)7-17-34/h2-5,15,26H,6-14,16-20H2,1H3. The summed E-state index contributed by atoms with van der Waals surface area (Å²) in [5.74, 6) is 0.557. The van der Waals surface area contributed by atoms with Gasteiger partial charge in [-0.1, -0.05) is 6.07 Å². The van der Waals surface area contributed by atoms with Crippen molar-refractivity contribution in [3.63, 3.8) is 0 Å². The van der Waals surface area contributed by atoms with Crippen molar-refractivity contribution in [2.45, 2.75) is 77.6 Å². The number of fused-ring (bicyclic) bond motifs is 4. The first-order valence-electron chi connectivity index (χ1n) is 13.4. The fourth-order valence-corrected chi connectivity index (χ4v) is 6.65. The van der Waals surface area contributed by atoms with Crippen molar-refractivity contribution in [1.29, 1.82) is 0 Å². The van der Waals surface area contributed by atoms with Crippen molar-refractivity contribution in [3.05, 3.63) is 53.0 Å². The Bertz CT molecular complexity index is 1070. The number of aryl methyl sites for hydroxylation is 1. The highest BCUT2D eigenvalue weighted by molar-refractivity contribution is 5.97. The van der Waals surface area contributed by atoms with E-state index in [1.165, 1.54) is 31.2 Å². The molecule has 3 aliphatic carbocycles. The van der Waals surface area contributed by atoms with Gasteiger partial charge < -0.3 is 9.64 Å². The summed E-state index contributed by atoms with van der Waals surface area (Å²) in [6.45, 7) is 4.35. The maximum Gasteiger partial charge on any atom is 0.272 e. The molecule has 0 amide bonds. The normalized spacial score (nSPS) is 26.0. The molecule has 3 fully saturated rings. The van der Waals surface area contributed by atoms with Crippen LogP contribution >= 0.6 is 0 Å². The number of carbonyl (C=O) groups excluding carboxylic acids is 1. The van der Waals surface area contributed by atoms with Crippen LogP contribution in [0.3, 0.4) is 0 Å². The van der Waals surface area contributed by atoms with Gasteiger partial charge in [-0.05, 0) is 93.4 Å². The summed E-state index contributed by atoms with van der Waals surface area (Å²) in [6.07, 6.45) is 10.1. The Kier molecular flexibility index (Phi) is 7.38. The van der Waals surface area contributed by atoms with Gasteiger partial charge in [-0.3, -0.25) is 9.78 Å². The molecule has 5 nitrogen and oxygen atoms in total. The minimum atomic E-state index is -2.49. The van der Waals surface area contributed by atoms with E-state index in [1.54, 1.807) is 12.3 Å². The number of hydrogen-bond acceptors (Lipinski definition) is 5.